The van der Waals surface area contributed by atoms with Crippen molar-refractivity contribution in [1.82, 2.24) is 5.32 Å². The molecule has 150 valence electrons. The van der Waals surface area contributed by atoms with Gasteiger partial charge in [-0.2, -0.15) is 0 Å². The quantitative estimate of drug-likeness (QED) is 0.812. The second-order valence-electron chi connectivity index (χ2n) is 8.17. The van der Waals surface area contributed by atoms with E-state index in [4.69, 9.17) is 9.47 Å². The fraction of sp³-hybridized carbons (Fsp3) is 0.391. The highest BCUT2D eigenvalue weighted by atomic mass is 16.5. The van der Waals surface area contributed by atoms with Crippen molar-refractivity contribution < 1.29 is 24.2 Å². The van der Waals surface area contributed by atoms with E-state index in [1.807, 2.05) is 24.3 Å². The molecule has 0 spiro atoms. The van der Waals surface area contributed by atoms with Gasteiger partial charge in [0.05, 0.1) is 12.2 Å². The van der Waals surface area contributed by atoms with Gasteiger partial charge in [-0.25, -0.2) is 4.79 Å². The van der Waals surface area contributed by atoms with Crippen LogP contribution in [0.2, 0.25) is 0 Å². The number of amides is 1. The first kappa shape index (κ1) is 18.2. The summed E-state index contributed by atoms with van der Waals surface area (Å²) >= 11 is 0. The molecule has 5 rings (SSSR count). The smallest absolute Gasteiger partial charge is 0.407 e. The van der Waals surface area contributed by atoms with Gasteiger partial charge in [0.25, 0.3) is 0 Å². The molecule has 0 radical (unpaired) electrons. The predicted molar refractivity (Wildman–Crippen MR) is 106 cm³/mol. The molecule has 6 heteroatoms. The lowest BCUT2D eigenvalue weighted by Gasteiger charge is -2.30. The number of hydrogen-bond acceptors (Lipinski definition) is 4. The number of rotatable bonds is 5. The SMILES string of the molecule is O=C(NC[C@]1(C(=O)O)C[C@H]2CC[C@@H]1O2)OCC1c2ccccc2-c2ccccc21. The van der Waals surface area contributed by atoms with Gasteiger partial charge in [-0.3, -0.25) is 4.79 Å². The summed E-state index contributed by atoms with van der Waals surface area (Å²) in [6, 6.07) is 16.3. The zero-order valence-electron chi connectivity index (χ0n) is 16.0. The van der Waals surface area contributed by atoms with Crippen LogP contribution in [0.15, 0.2) is 48.5 Å². The Morgan fingerprint density at radius 2 is 1.72 bits per heavy atom. The fourth-order valence-electron chi connectivity index (χ4n) is 5.17. The van der Waals surface area contributed by atoms with Crippen LogP contribution in [0.1, 0.15) is 36.3 Å². The third-order valence-corrected chi connectivity index (χ3v) is 6.63. The zero-order valence-corrected chi connectivity index (χ0v) is 16.0. The van der Waals surface area contributed by atoms with Gasteiger partial charge < -0.3 is 19.9 Å². The summed E-state index contributed by atoms with van der Waals surface area (Å²) in [5.74, 6) is -0.934. The highest BCUT2D eigenvalue weighted by molar-refractivity contribution is 5.79. The Hall–Kier alpha value is -2.86. The molecule has 3 aliphatic rings. The van der Waals surface area contributed by atoms with Crippen molar-refractivity contribution in [3.8, 4) is 11.1 Å². The van der Waals surface area contributed by atoms with E-state index in [9.17, 15) is 14.7 Å². The van der Waals surface area contributed by atoms with Crippen molar-refractivity contribution in [1.29, 1.82) is 0 Å². The number of nitrogens with one attached hydrogen (secondary N) is 1. The molecule has 2 saturated heterocycles. The summed E-state index contributed by atoms with van der Waals surface area (Å²) in [7, 11) is 0. The summed E-state index contributed by atoms with van der Waals surface area (Å²) in [5.41, 5.74) is 3.58. The lowest BCUT2D eigenvalue weighted by atomic mass is 9.74. The molecule has 2 fully saturated rings. The maximum absolute atomic E-state index is 12.4. The molecule has 3 atom stereocenters. The molecule has 0 saturated carbocycles. The minimum Gasteiger partial charge on any atom is -0.481 e. The molecule has 2 N–H and O–H groups in total. The lowest BCUT2D eigenvalue weighted by molar-refractivity contribution is -0.151. The number of carboxylic acids is 1. The summed E-state index contributed by atoms with van der Waals surface area (Å²) in [6.45, 7) is 0.239. The van der Waals surface area contributed by atoms with Gasteiger partial charge in [-0.05, 0) is 41.5 Å². The highest BCUT2D eigenvalue weighted by Crippen LogP contribution is 2.48. The number of carbonyl (C=O) groups is 2. The number of carbonyl (C=O) groups excluding carboxylic acids is 1. The number of ether oxygens (including phenoxy) is 2. The van der Waals surface area contributed by atoms with Crippen molar-refractivity contribution >= 4 is 12.1 Å². The molecule has 2 bridgehead atoms. The van der Waals surface area contributed by atoms with E-state index < -0.39 is 17.5 Å². The Labute approximate surface area is 168 Å². The van der Waals surface area contributed by atoms with Crippen molar-refractivity contribution in [2.75, 3.05) is 13.2 Å². The lowest BCUT2D eigenvalue weighted by Crippen LogP contribution is -2.49. The molecule has 0 aromatic heterocycles. The molecule has 2 aromatic rings. The monoisotopic (exact) mass is 393 g/mol. The van der Waals surface area contributed by atoms with Crippen LogP contribution < -0.4 is 5.32 Å². The average molecular weight is 393 g/mol. The van der Waals surface area contributed by atoms with Gasteiger partial charge in [0.2, 0.25) is 0 Å². The largest absolute Gasteiger partial charge is 0.481 e. The van der Waals surface area contributed by atoms with Crippen molar-refractivity contribution in [2.24, 2.45) is 5.41 Å². The van der Waals surface area contributed by atoms with Crippen LogP contribution in [-0.2, 0) is 14.3 Å². The van der Waals surface area contributed by atoms with Crippen LogP contribution in [-0.4, -0.2) is 42.5 Å². The van der Waals surface area contributed by atoms with Crippen molar-refractivity contribution in [3.63, 3.8) is 0 Å². The first-order valence-electron chi connectivity index (χ1n) is 10.1. The van der Waals surface area contributed by atoms with Crippen molar-refractivity contribution in [3.05, 3.63) is 59.7 Å². The Bertz CT molecular complexity index is 928. The van der Waals surface area contributed by atoms with Crippen LogP contribution in [0.3, 0.4) is 0 Å². The van der Waals surface area contributed by atoms with E-state index in [0.29, 0.717) is 6.42 Å². The Balaban J connectivity index is 1.25. The molecule has 1 aliphatic carbocycles. The second-order valence-corrected chi connectivity index (χ2v) is 8.17. The van der Waals surface area contributed by atoms with Gasteiger partial charge in [0.1, 0.15) is 12.0 Å². The van der Waals surface area contributed by atoms with Crippen LogP contribution in [0.5, 0.6) is 0 Å². The van der Waals surface area contributed by atoms with E-state index in [2.05, 4.69) is 29.6 Å². The number of carboxylic acid groups (broad SMARTS) is 1. The van der Waals surface area contributed by atoms with Gasteiger partial charge in [0, 0.05) is 12.5 Å². The van der Waals surface area contributed by atoms with Gasteiger partial charge in [-0.15, -0.1) is 0 Å². The van der Waals surface area contributed by atoms with Gasteiger partial charge in [-0.1, -0.05) is 48.5 Å². The molecule has 1 amide bonds. The molecular formula is C23H23NO5. The summed E-state index contributed by atoms with van der Waals surface area (Å²) < 4.78 is 11.2. The van der Waals surface area contributed by atoms with Crippen LogP contribution in [0.25, 0.3) is 11.1 Å². The van der Waals surface area contributed by atoms with E-state index >= 15 is 0 Å². The van der Waals surface area contributed by atoms with E-state index in [1.54, 1.807) is 0 Å². The molecule has 2 aromatic carbocycles. The third kappa shape index (κ3) is 2.90. The number of hydrogen-bond donors (Lipinski definition) is 2. The zero-order chi connectivity index (χ0) is 20.0. The predicted octanol–water partition coefficient (Wildman–Crippen LogP) is 3.55. The van der Waals surface area contributed by atoms with Crippen LogP contribution in [0.4, 0.5) is 4.79 Å². The summed E-state index contributed by atoms with van der Waals surface area (Å²) in [6.07, 6.45) is 1.12. The normalized spacial score (nSPS) is 26.8. The van der Waals surface area contributed by atoms with Gasteiger partial charge in [0.15, 0.2) is 0 Å². The highest BCUT2D eigenvalue weighted by Gasteiger charge is 2.57. The summed E-state index contributed by atoms with van der Waals surface area (Å²) in [5, 5.41) is 12.4. The first-order chi connectivity index (χ1) is 14.1. The topological polar surface area (TPSA) is 84.9 Å². The van der Waals surface area contributed by atoms with E-state index in [-0.39, 0.29) is 31.3 Å². The second kappa shape index (κ2) is 6.88. The van der Waals surface area contributed by atoms with Gasteiger partial charge >= 0.3 is 12.1 Å². The first-order valence-corrected chi connectivity index (χ1v) is 10.1. The molecule has 0 unspecified atom stereocenters. The minimum absolute atomic E-state index is 0.0135. The van der Waals surface area contributed by atoms with Crippen LogP contribution in [0, 0.1) is 5.41 Å². The maximum Gasteiger partial charge on any atom is 0.407 e. The maximum atomic E-state index is 12.4. The Morgan fingerprint density at radius 1 is 1.07 bits per heavy atom. The third-order valence-electron chi connectivity index (χ3n) is 6.63. The summed E-state index contributed by atoms with van der Waals surface area (Å²) in [4.78, 5) is 24.3. The standard InChI is InChI=1S/C23H23NO5/c25-21(26)23(11-14-9-10-20(23)29-14)13-24-22(27)28-12-19-17-7-3-1-5-15(17)16-6-2-4-8-18(16)19/h1-8,14,19-20H,9-13H2,(H,24,27)(H,25,26)/t14-,20+,23-/m1/s1. The van der Waals surface area contributed by atoms with Crippen molar-refractivity contribution in [2.45, 2.75) is 37.4 Å². The molecular weight excluding hydrogens is 370 g/mol. The average Bonchev–Trinajstić information content (AvgIpc) is 3.43. The number of fused-ring (bicyclic) bond motifs is 5. The van der Waals surface area contributed by atoms with E-state index in [0.717, 1.165) is 24.0 Å². The molecule has 2 heterocycles. The fourth-order valence-corrected chi connectivity index (χ4v) is 5.17. The van der Waals surface area contributed by atoms with Crippen LogP contribution >= 0.6 is 0 Å². The number of alkyl carbamates (subject to hydrolysis) is 1. The Kier molecular flexibility index (Phi) is 4.32. The molecule has 29 heavy (non-hydrogen) atoms. The van der Waals surface area contributed by atoms with E-state index in [1.165, 1.54) is 11.1 Å². The number of benzene rings is 2. The minimum atomic E-state index is -1.05. The molecule has 2 aliphatic heterocycles. The Morgan fingerprint density at radius 3 is 2.28 bits per heavy atom. The number of aliphatic carboxylic acids is 1. The molecule has 6 nitrogen and oxygen atoms in total.